The summed E-state index contributed by atoms with van der Waals surface area (Å²) in [5.74, 6) is -0.374. The molecule has 9 nitrogen and oxygen atoms in total. The van der Waals surface area contributed by atoms with Crippen molar-refractivity contribution >= 4 is 23.8 Å². The molecule has 0 atom stereocenters. The first-order valence-electron chi connectivity index (χ1n) is 12.0. The first-order valence-corrected chi connectivity index (χ1v) is 12.0. The summed E-state index contributed by atoms with van der Waals surface area (Å²) in [5.41, 5.74) is 10.7. The molecule has 0 aliphatic carbocycles. The van der Waals surface area contributed by atoms with Crippen molar-refractivity contribution in [3.8, 4) is 11.8 Å². The largest absolute Gasteiger partial charge is 0.462 e. The number of nitrogens with one attached hydrogen (secondary N) is 1. The molecule has 0 unspecified atom stereocenters. The zero-order valence-electron chi connectivity index (χ0n) is 21.2. The Morgan fingerprint density at radius 1 is 1.19 bits per heavy atom. The highest BCUT2D eigenvalue weighted by Crippen LogP contribution is 2.25. The van der Waals surface area contributed by atoms with Gasteiger partial charge in [-0.1, -0.05) is 18.2 Å². The van der Waals surface area contributed by atoms with Crippen LogP contribution < -0.4 is 11.1 Å². The maximum absolute atomic E-state index is 12.5. The second-order valence-electron chi connectivity index (χ2n) is 8.22. The highest BCUT2D eigenvalue weighted by molar-refractivity contribution is 5.98. The van der Waals surface area contributed by atoms with Crippen molar-refractivity contribution in [3.63, 3.8) is 0 Å². The third kappa shape index (κ3) is 5.49. The predicted octanol–water partition coefficient (Wildman–Crippen LogP) is 3.70. The van der Waals surface area contributed by atoms with Crippen LogP contribution in [0.25, 0.3) is 11.8 Å². The quantitative estimate of drug-likeness (QED) is 0.254. The van der Waals surface area contributed by atoms with E-state index in [0.29, 0.717) is 54.1 Å². The van der Waals surface area contributed by atoms with Crippen LogP contribution in [0.15, 0.2) is 36.4 Å². The van der Waals surface area contributed by atoms with Crippen molar-refractivity contribution in [1.29, 1.82) is 5.26 Å². The molecule has 0 aliphatic heterocycles. The number of para-hydroxylation sites is 1. The maximum Gasteiger partial charge on any atom is 0.340 e. The Hall–Kier alpha value is -4.32. The first kappa shape index (κ1) is 26.3. The smallest absolute Gasteiger partial charge is 0.340 e. The molecule has 0 radical (unpaired) electrons. The monoisotopic (exact) mass is 488 g/mol. The van der Waals surface area contributed by atoms with Crippen molar-refractivity contribution in [2.75, 3.05) is 18.9 Å². The van der Waals surface area contributed by atoms with Crippen molar-refractivity contribution in [2.24, 2.45) is 0 Å². The molecule has 2 aromatic heterocycles. The third-order valence-electron chi connectivity index (χ3n) is 6.02. The molecule has 3 N–H and O–H groups in total. The minimum atomic E-state index is -0.395. The van der Waals surface area contributed by atoms with E-state index in [0.717, 1.165) is 17.1 Å². The van der Waals surface area contributed by atoms with Crippen LogP contribution in [0.2, 0.25) is 0 Å². The van der Waals surface area contributed by atoms with Gasteiger partial charge in [0.15, 0.2) is 0 Å². The van der Waals surface area contributed by atoms with Gasteiger partial charge in [-0.25, -0.2) is 9.48 Å². The molecule has 188 valence electrons. The lowest BCUT2D eigenvalue weighted by atomic mass is 10.1. The van der Waals surface area contributed by atoms with Crippen LogP contribution in [0.5, 0.6) is 0 Å². The van der Waals surface area contributed by atoms with E-state index < -0.39 is 5.97 Å². The molecule has 3 rings (SSSR count). The van der Waals surface area contributed by atoms with E-state index >= 15 is 0 Å². The molecule has 0 fully saturated rings. The Bertz CT molecular complexity index is 1310. The highest BCUT2D eigenvalue weighted by atomic mass is 16.5. The molecular formula is C27H32N6O3. The molecule has 3 aromatic rings. The lowest BCUT2D eigenvalue weighted by Crippen LogP contribution is -2.22. The van der Waals surface area contributed by atoms with Crippen LogP contribution in [0.4, 0.5) is 5.82 Å². The number of aromatic nitrogens is 3. The molecule has 0 aliphatic rings. The lowest BCUT2D eigenvalue weighted by molar-refractivity contribution is -0.116. The zero-order valence-corrected chi connectivity index (χ0v) is 21.2. The Balaban J connectivity index is 1.64. The van der Waals surface area contributed by atoms with E-state index in [2.05, 4.69) is 16.5 Å². The number of carbonyl (C=O) groups excluding carboxylic acids is 2. The van der Waals surface area contributed by atoms with Gasteiger partial charge in [-0.3, -0.25) is 4.79 Å². The second-order valence-corrected chi connectivity index (χ2v) is 8.22. The van der Waals surface area contributed by atoms with Crippen LogP contribution in [-0.2, 0) is 22.5 Å². The third-order valence-corrected chi connectivity index (χ3v) is 6.02. The van der Waals surface area contributed by atoms with E-state index in [1.54, 1.807) is 17.7 Å². The molecule has 36 heavy (non-hydrogen) atoms. The van der Waals surface area contributed by atoms with Gasteiger partial charge in [0.05, 0.1) is 23.6 Å². The number of nitriles is 1. The number of benzene rings is 1. The van der Waals surface area contributed by atoms with Gasteiger partial charge in [0.1, 0.15) is 17.5 Å². The summed E-state index contributed by atoms with van der Waals surface area (Å²) in [5, 5.41) is 16.9. The van der Waals surface area contributed by atoms with Gasteiger partial charge in [-0.15, -0.1) is 0 Å². The summed E-state index contributed by atoms with van der Waals surface area (Å²) >= 11 is 0. The van der Waals surface area contributed by atoms with Gasteiger partial charge >= 0.3 is 5.97 Å². The number of nitrogen functional groups attached to an aromatic ring is 1. The average Bonchev–Trinajstić information content (AvgIpc) is 3.32. The molecule has 0 spiro atoms. The Morgan fingerprint density at radius 3 is 2.56 bits per heavy atom. The average molecular weight is 489 g/mol. The summed E-state index contributed by atoms with van der Waals surface area (Å²) < 4.78 is 8.80. The normalized spacial score (nSPS) is 11.0. The molecule has 0 bridgehead atoms. The van der Waals surface area contributed by atoms with Crippen LogP contribution in [0, 0.1) is 25.2 Å². The zero-order chi connectivity index (χ0) is 26.2. The van der Waals surface area contributed by atoms with Crippen molar-refractivity contribution in [3.05, 3.63) is 70.2 Å². The van der Waals surface area contributed by atoms with E-state index in [1.807, 2.05) is 55.7 Å². The van der Waals surface area contributed by atoms with Crippen molar-refractivity contribution < 1.29 is 14.3 Å². The lowest BCUT2D eigenvalue weighted by Gasteiger charge is -2.05. The number of nitrogens with zero attached hydrogens (tertiary/aromatic N) is 4. The SMILES string of the molecule is CCOC(=O)c1c(/C=C/C(=O)NCCCc2nn(-c3ccccc3)c(N)c2C#N)c(C)n(CC)c1C. The number of carbonyl (C=O) groups is 2. The molecule has 9 heteroatoms. The summed E-state index contributed by atoms with van der Waals surface area (Å²) in [7, 11) is 0. The van der Waals surface area contributed by atoms with Gasteiger partial charge in [-0.05, 0) is 58.7 Å². The van der Waals surface area contributed by atoms with E-state index in [1.165, 1.54) is 6.08 Å². The summed E-state index contributed by atoms with van der Waals surface area (Å²) in [6, 6.07) is 11.5. The van der Waals surface area contributed by atoms with Gasteiger partial charge in [-0.2, -0.15) is 10.4 Å². The van der Waals surface area contributed by atoms with Crippen LogP contribution in [0.3, 0.4) is 0 Å². The Labute approximate surface area is 211 Å². The number of anilines is 1. The molecule has 0 saturated carbocycles. The molecule has 1 aromatic carbocycles. The van der Waals surface area contributed by atoms with E-state index in [4.69, 9.17) is 10.5 Å². The minimum Gasteiger partial charge on any atom is -0.462 e. The Kier molecular flexibility index (Phi) is 8.68. The van der Waals surface area contributed by atoms with Crippen LogP contribution >= 0.6 is 0 Å². The molecular weight excluding hydrogens is 456 g/mol. The number of hydrogen-bond donors (Lipinski definition) is 2. The van der Waals surface area contributed by atoms with Crippen molar-refractivity contribution in [2.45, 2.75) is 47.1 Å². The number of aryl methyl sites for hydroxylation is 1. The molecule has 2 heterocycles. The van der Waals surface area contributed by atoms with Gasteiger partial charge < -0.3 is 20.4 Å². The molecule has 0 saturated heterocycles. The fourth-order valence-electron chi connectivity index (χ4n) is 4.27. The molecule has 1 amide bonds. The number of hydrogen-bond acceptors (Lipinski definition) is 6. The topological polar surface area (TPSA) is 128 Å². The number of rotatable bonds is 10. The fourth-order valence-corrected chi connectivity index (χ4v) is 4.27. The van der Waals surface area contributed by atoms with Crippen LogP contribution in [-0.4, -0.2) is 39.4 Å². The Morgan fingerprint density at radius 2 is 1.92 bits per heavy atom. The second kappa shape index (κ2) is 11.9. The number of ether oxygens (including phenoxy) is 1. The highest BCUT2D eigenvalue weighted by Gasteiger charge is 2.22. The summed E-state index contributed by atoms with van der Waals surface area (Å²) in [6.07, 6.45) is 4.15. The van der Waals surface area contributed by atoms with E-state index in [-0.39, 0.29) is 12.5 Å². The number of nitrogens with two attached hydrogens (primary N) is 1. The minimum absolute atomic E-state index is 0.277. The number of esters is 1. The first-order chi connectivity index (χ1) is 17.3. The van der Waals surface area contributed by atoms with Gasteiger partial charge in [0.2, 0.25) is 5.91 Å². The van der Waals surface area contributed by atoms with Gasteiger partial charge in [0.25, 0.3) is 0 Å². The van der Waals surface area contributed by atoms with Crippen molar-refractivity contribution in [1.82, 2.24) is 19.7 Å². The number of amides is 1. The van der Waals surface area contributed by atoms with Crippen LogP contribution in [0.1, 0.15) is 58.8 Å². The van der Waals surface area contributed by atoms with E-state index in [9.17, 15) is 14.9 Å². The summed E-state index contributed by atoms with van der Waals surface area (Å²) in [6.45, 7) is 8.94. The standard InChI is InChI=1S/C27H32N6O3/c1-5-32-18(3)21(25(19(32)4)27(35)36-6-2)14-15-24(34)30-16-10-13-23-22(17-28)26(29)33(31-23)20-11-8-7-9-12-20/h7-9,11-12,14-15H,5-6,10,13,16,29H2,1-4H3,(H,30,34)/b15-14+. The van der Waals surface area contributed by atoms with Gasteiger partial charge in [0, 0.05) is 36.1 Å². The summed E-state index contributed by atoms with van der Waals surface area (Å²) in [4.78, 5) is 25.0. The predicted molar refractivity (Wildman–Crippen MR) is 139 cm³/mol. The fraction of sp³-hybridized carbons (Fsp3) is 0.333. The maximum atomic E-state index is 12.5.